The first kappa shape index (κ1) is 9.09. The lowest BCUT2D eigenvalue weighted by molar-refractivity contribution is 0.101. The molecule has 1 fully saturated rings. The van der Waals surface area contributed by atoms with E-state index in [1.807, 2.05) is 0 Å². The van der Waals surface area contributed by atoms with Crippen LogP contribution in [0.1, 0.15) is 52.9 Å². The molecule has 0 aliphatic heterocycles. The Morgan fingerprint density at radius 1 is 1.27 bits per heavy atom. The predicted octanol–water partition coefficient (Wildman–Crippen LogP) is 3.86. The van der Waals surface area contributed by atoms with Crippen LogP contribution in [0, 0.1) is 17.8 Å². The first-order chi connectivity index (χ1) is 5.29. The van der Waals surface area contributed by atoms with Crippen LogP contribution >= 0.6 is 0 Å². The molecule has 0 aromatic rings. The van der Waals surface area contributed by atoms with Crippen molar-refractivity contribution in [2.24, 2.45) is 17.8 Å². The summed E-state index contributed by atoms with van der Waals surface area (Å²) >= 11 is 0. The molecule has 1 saturated carbocycles. The molecule has 0 heterocycles. The molecule has 0 saturated heterocycles. The topological polar surface area (TPSA) is 0 Å². The minimum atomic E-state index is 0.986. The summed E-state index contributed by atoms with van der Waals surface area (Å²) in [6.07, 6.45) is 7.28. The minimum Gasteiger partial charge on any atom is -0.0654 e. The van der Waals surface area contributed by atoms with Crippen molar-refractivity contribution in [3.8, 4) is 0 Å². The Morgan fingerprint density at radius 2 is 2.00 bits per heavy atom. The highest BCUT2D eigenvalue weighted by Gasteiger charge is 2.32. The van der Waals surface area contributed by atoms with Crippen molar-refractivity contribution < 1.29 is 0 Å². The summed E-state index contributed by atoms with van der Waals surface area (Å²) in [6.45, 7) is 7.06. The SMILES string of the molecule is CCCC1CCC1C(C)CC. The Labute approximate surface area is 71.4 Å². The van der Waals surface area contributed by atoms with Crippen molar-refractivity contribution in [2.45, 2.75) is 52.9 Å². The van der Waals surface area contributed by atoms with E-state index >= 15 is 0 Å². The molecule has 0 nitrogen and oxygen atoms in total. The molecule has 0 amide bonds. The zero-order valence-electron chi connectivity index (χ0n) is 8.27. The zero-order valence-corrected chi connectivity index (χ0v) is 8.27. The van der Waals surface area contributed by atoms with Gasteiger partial charge in [0.1, 0.15) is 0 Å². The van der Waals surface area contributed by atoms with Gasteiger partial charge in [0.2, 0.25) is 0 Å². The highest BCUT2D eigenvalue weighted by atomic mass is 14.4. The second kappa shape index (κ2) is 4.13. The van der Waals surface area contributed by atoms with Gasteiger partial charge >= 0.3 is 0 Å². The molecular weight excluding hydrogens is 132 g/mol. The molecule has 0 aromatic heterocycles. The maximum absolute atomic E-state index is 2.42. The van der Waals surface area contributed by atoms with Crippen molar-refractivity contribution in [1.82, 2.24) is 0 Å². The van der Waals surface area contributed by atoms with Crippen molar-refractivity contribution in [1.29, 1.82) is 0 Å². The molecule has 0 bridgehead atoms. The van der Waals surface area contributed by atoms with E-state index in [1.165, 1.54) is 32.1 Å². The van der Waals surface area contributed by atoms with Gasteiger partial charge in [-0.15, -0.1) is 0 Å². The van der Waals surface area contributed by atoms with Crippen LogP contribution in [0.25, 0.3) is 0 Å². The van der Waals surface area contributed by atoms with Gasteiger partial charge in [-0.3, -0.25) is 0 Å². The van der Waals surface area contributed by atoms with Gasteiger partial charge in [0.25, 0.3) is 0 Å². The molecule has 66 valence electrons. The van der Waals surface area contributed by atoms with Gasteiger partial charge in [-0.1, -0.05) is 40.0 Å². The standard InChI is InChI=1S/C11H22/c1-4-6-10-7-8-11(10)9(3)5-2/h9-11H,4-8H2,1-3H3. The monoisotopic (exact) mass is 154 g/mol. The quantitative estimate of drug-likeness (QED) is 0.577. The van der Waals surface area contributed by atoms with Crippen LogP contribution in [0.3, 0.4) is 0 Å². The largest absolute Gasteiger partial charge is 0.0654 e. The van der Waals surface area contributed by atoms with Gasteiger partial charge < -0.3 is 0 Å². The van der Waals surface area contributed by atoms with E-state index in [0.29, 0.717) is 0 Å². The number of hydrogen-bond acceptors (Lipinski definition) is 0. The third-order valence-electron chi connectivity index (χ3n) is 3.51. The van der Waals surface area contributed by atoms with Gasteiger partial charge in [-0.2, -0.15) is 0 Å². The molecule has 0 aromatic carbocycles. The molecule has 1 aliphatic rings. The molecule has 0 N–H and O–H groups in total. The van der Waals surface area contributed by atoms with Crippen molar-refractivity contribution in [3.05, 3.63) is 0 Å². The average molecular weight is 154 g/mol. The first-order valence-corrected chi connectivity index (χ1v) is 5.29. The molecule has 0 spiro atoms. The lowest BCUT2D eigenvalue weighted by atomic mass is 9.65. The summed E-state index contributed by atoms with van der Waals surface area (Å²) in [7, 11) is 0. The van der Waals surface area contributed by atoms with Crippen LogP contribution in [0.15, 0.2) is 0 Å². The second-order valence-corrected chi connectivity index (χ2v) is 4.18. The van der Waals surface area contributed by atoms with E-state index in [0.717, 1.165) is 17.8 Å². The number of hydrogen-bond donors (Lipinski definition) is 0. The Kier molecular flexibility index (Phi) is 3.42. The van der Waals surface area contributed by atoms with Gasteiger partial charge in [0.15, 0.2) is 0 Å². The Bertz CT molecular complexity index is 107. The fourth-order valence-corrected chi connectivity index (χ4v) is 2.38. The van der Waals surface area contributed by atoms with Gasteiger partial charge in [0.05, 0.1) is 0 Å². The van der Waals surface area contributed by atoms with Crippen LogP contribution in [0.5, 0.6) is 0 Å². The maximum atomic E-state index is 2.42. The van der Waals surface area contributed by atoms with Crippen LogP contribution < -0.4 is 0 Å². The fourth-order valence-electron chi connectivity index (χ4n) is 2.38. The summed E-state index contributed by atoms with van der Waals surface area (Å²) < 4.78 is 0. The van der Waals surface area contributed by atoms with E-state index in [2.05, 4.69) is 20.8 Å². The summed E-state index contributed by atoms with van der Waals surface area (Å²) in [5.41, 5.74) is 0. The van der Waals surface area contributed by atoms with Crippen molar-refractivity contribution in [2.75, 3.05) is 0 Å². The van der Waals surface area contributed by atoms with Gasteiger partial charge in [-0.05, 0) is 30.6 Å². The Morgan fingerprint density at radius 3 is 2.36 bits per heavy atom. The molecule has 1 aliphatic carbocycles. The first-order valence-electron chi connectivity index (χ1n) is 5.29. The van der Waals surface area contributed by atoms with Crippen molar-refractivity contribution >= 4 is 0 Å². The summed E-state index contributed by atoms with van der Waals surface area (Å²) in [4.78, 5) is 0. The van der Waals surface area contributed by atoms with E-state index in [1.54, 1.807) is 0 Å². The summed E-state index contributed by atoms with van der Waals surface area (Å²) in [5.74, 6) is 3.16. The Hall–Kier alpha value is 0. The van der Waals surface area contributed by atoms with Crippen LogP contribution in [-0.2, 0) is 0 Å². The summed E-state index contributed by atoms with van der Waals surface area (Å²) in [5, 5.41) is 0. The van der Waals surface area contributed by atoms with E-state index in [-0.39, 0.29) is 0 Å². The van der Waals surface area contributed by atoms with Crippen molar-refractivity contribution in [3.63, 3.8) is 0 Å². The molecule has 11 heavy (non-hydrogen) atoms. The molecule has 3 unspecified atom stereocenters. The molecule has 0 heteroatoms. The van der Waals surface area contributed by atoms with Crippen LogP contribution in [0.4, 0.5) is 0 Å². The van der Waals surface area contributed by atoms with Gasteiger partial charge in [-0.25, -0.2) is 0 Å². The maximum Gasteiger partial charge on any atom is -0.0360 e. The molecule has 0 radical (unpaired) electrons. The molecule has 1 rings (SSSR count). The van der Waals surface area contributed by atoms with Crippen LogP contribution in [-0.4, -0.2) is 0 Å². The smallest absolute Gasteiger partial charge is 0.0360 e. The lowest BCUT2D eigenvalue weighted by Gasteiger charge is -2.40. The number of rotatable bonds is 4. The van der Waals surface area contributed by atoms with E-state index in [9.17, 15) is 0 Å². The minimum absolute atomic E-state index is 0.986. The fraction of sp³-hybridized carbons (Fsp3) is 1.00. The molecular formula is C11H22. The second-order valence-electron chi connectivity index (χ2n) is 4.18. The van der Waals surface area contributed by atoms with E-state index < -0.39 is 0 Å². The average Bonchev–Trinajstić information content (AvgIpc) is 1.98. The Balaban J connectivity index is 2.24. The highest BCUT2D eigenvalue weighted by molar-refractivity contribution is 4.83. The zero-order chi connectivity index (χ0) is 8.27. The third-order valence-corrected chi connectivity index (χ3v) is 3.51. The van der Waals surface area contributed by atoms with Gasteiger partial charge in [0, 0.05) is 0 Å². The highest BCUT2D eigenvalue weighted by Crippen LogP contribution is 2.43. The van der Waals surface area contributed by atoms with E-state index in [4.69, 9.17) is 0 Å². The summed E-state index contributed by atoms with van der Waals surface area (Å²) in [6, 6.07) is 0. The third kappa shape index (κ3) is 1.98. The molecule has 3 atom stereocenters. The predicted molar refractivity (Wildman–Crippen MR) is 50.6 cm³/mol. The normalized spacial score (nSPS) is 33.0. The van der Waals surface area contributed by atoms with Crippen LogP contribution in [0.2, 0.25) is 0 Å². The lowest BCUT2D eigenvalue weighted by Crippen LogP contribution is -2.30.